The van der Waals surface area contributed by atoms with Crippen molar-refractivity contribution in [3.8, 4) is 0 Å². The van der Waals surface area contributed by atoms with Gasteiger partial charge >= 0.3 is 0 Å². The number of halogens is 1. The van der Waals surface area contributed by atoms with Gasteiger partial charge in [-0.15, -0.1) is 0 Å². The van der Waals surface area contributed by atoms with E-state index in [1.807, 2.05) is 0 Å². The molecule has 5 nitrogen and oxygen atoms in total. The number of pyridine rings is 1. The van der Waals surface area contributed by atoms with Gasteiger partial charge < -0.3 is 4.98 Å². The summed E-state index contributed by atoms with van der Waals surface area (Å²) in [7, 11) is 0. The number of rotatable bonds is 1. The third kappa shape index (κ3) is 1.52. The fourth-order valence-corrected chi connectivity index (χ4v) is 1.92. The van der Waals surface area contributed by atoms with Gasteiger partial charge in [-0.1, -0.05) is 11.6 Å². The number of carbonyl (C=O) groups excluding carboxylic acids is 1. The monoisotopic (exact) mass is 246 g/mol. The molecule has 0 aliphatic carbocycles. The van der Waals surface area contributed by atoms with E-state index in [0.717, 1.165) is 5.39 Å². The second-order valence-corrected chi connectivity index (χ2v) is 3.88. The molecule has 0 fully saturated rings. The van der Waals surface area contributed by atoms with Crippen molar-refractivity contribution in [2.75, 3.05) is 0 Å². The summed E-state index contributed by atoms with van der Waals surface area (Å²) in [6, 6.07) is 1.79. The molecule has 1 N–H and O–H groups in total. The van der Waals surface area contributed by atoms with Gasteiger partial charge in [0, 0.05) is 30.2 Å². The van der Waals surface area contributed by atoms with Gasteiger partial charge in [0.15, 0.2) is 0 Å². The van der Waals surface area contributed by atoms with Crippen molar-refractivity contribution in [3.05, 3.63) is 47.8 Å². The maximum atomic E-state index is 12.1. The maximum Gasteiger partial charge on any atom is 0.266 e. The Morgan fingerprint density at radius 3 is 3.12 bits per heavy atom. The zero-order chi connectivity index (χ0) is 11.8. The van der Waals surface area contributed by atoms with Gasteiger partial charge in [0.1, 0.15) is 12.0 Å². The van der Waals surface area contributed by atoms with Crippen LogP contribution in [0.2, 0.25) is 5.02 Å². The predicted molar refractivity (Wildman–Crippen MR) is 63.1 cm³/mol. The first kappa shape index (κ1) is 10.0. The normalized spacial score (nSPS) is 10.9. The number of nitrogens with zero attached hydrogens (tertiary/aromatic N) is 3. The molecule has 0 spiro atoms. The van der Waals surface area contributed by atoms with E-state index in [-0.39, 0.29) is 5.91 Å². The standard InChI is InChI=1S/C11H7ClN4O/c12-9-7-1-2-14-10(7)15-5-8(9)11(17)16-4-3-13-6-16/h1-6H,(H,14,15). The first-order valence-corrected chi connectivity index (χ1v) is 5.29. The maximum absolute atomic E-state index is 12.1. The van der Waals surface area contributed by atoms with Crippen LogP contribution in [0, 0.1) is 0 Å². The molecular formula is C11H7ClN4O. The number of hydrogen-bond donors (Lipinski definition) is 1. The second-order valence-electron chi connectivity index (χ2n) is 3.50. The van der Waals surface area contributed by atoms with Crippen molar-refractivity contribution in [3.63, 3.8) is 0 Å². The van der Waals surface area contributed by atoms with Crippen molar-refractivity contribution in [2.45, 2.75) is 0 Å². The molecule has 3 aromatic rings. The molecule has 0 saturated heterocycles. The number of fused-ring (bicyclic) bond motifs is 1. The summed E-state index contributed by atoms with van der Waals surface area (Å²) < 4.78 is 1.36. The molecule has 0 unspecified atom stereocenters. The summed E-state index contributed by atoms with van der Waals surface area (Å²) in [5.41, 5.74) is 1.02. The van der Waals surface area contributed by atoms with E-state index in [9.17, 15) is 4.79 Å². The fourth-order valence-electron chi connectivity index (χ4n) is 1.64. The van der Waals surface area contributed by atoms with Crippen LogP contribution < -0.4 is 0 Å². The highest BCUT2D eigenvalue weighted by molar-refractivity contribution is 6.38. The Kier molecular flexibility index (Phi) is 2.19. The van der Waals surface area contributed by atoms with Gasteiger partial charge in [-0.25, -0.2) is 9.97 Å². The zero-order valence-corrected chi connectivity index (χ0v) is 9.35. The zero-order valence-electron chi connectivity index (χ0n) is 8.59. The SMILES string of the molecule is O=C(c1cnc2[nH]ccc2c1Cl)n1ccnc1. The van der Waals surface area contributed by atoms with Crippen molar-refractivity contribution in [2.24, 2.45) is 0 Å². The second kappa shape index (κ2) is 3.71. The summed E-state index contributed by atoms with van der Waals surface area (Å²) in [4.78, 5) is 23.0. The van der Waals surface area contributed by atoms with Crippen LogP contribution in [-0.2, 0) is 0 Å². The van der Waals surface area contributed by atoms with Gasteiger partial charge in [-0.3, -0.25) is 9.36 Å². The van der Waals surface area contributed by atoms with E-state index in [1.165, 1.54) is 23.3 Å². The van der Waals surface area contributed by atoms with Crippen LogP contribution >= 0.6 is 11.6 Å². The summed E-state index contributed by atoms with van der Waals surface area (Å²) in [5.74, 6) is -0.247. The molecule has 3 heterocycles. The van der Waals surface area contributed by atoms with Crippen LogP contribution in [0.3, 0.4) is 0 Å². The molecule has 0 atom stereocenters. The molecule has 3 rings (SSSR count). The van der Waals surface area contributed by atoms with Crippen LogP contribution in [0.5, 0.6) is 0 Å². The van der Waals surface area contributed by atoms with Crippen LogP contribution in [0.15, 0.2) is 37.2 Å². The molecule has 0 aliphatic heterocycles. The fraction of sp³-hybridized carbons (Fsp3) is 0. The highest BCUT2D eigenvalue weighted by atomic mass is 35.5. The minimum absolute atomic E-state index is 0.247. The molecule has 0 saturated carbocycles. The number of carbonyl (C=O) groups is 1. The lowest BCUT2D eigenvalue weighted by Gasteiger charge is -2.03. The number of aromatic nitrogens is 4. The van der Waals surface area contributed by atoms with Crippen LogP contribution in [0.1, 0.15) is 10.4 Å². The van der Waals surface area contributed by atoms with E-state index in [4.69, 9.17) is 11.6 Å². The number of nitrogens with one attached hydrogen (secondary N) is 1. The highest BCUT2D eigenvalue weighted by Crippen LogP contribution is 2.25. The smallest absolute Gasteiger partial charge is 0.266 e. The number of H-pyrrole nitrogens is 1. The molecule has 17 heavy (non-hydrogen) atoms. The van der Waals surface area contributed by atoms with Crippen LogP contribution in [0.4, 0.5) is 0 Å². The first-order valence-electron chi connectivity index (χ1n) is 4.91. The van der Waals surface area contributed by atoms with Crippen molar-refractivity contribution in [1.82, 2.24) is 19.5 Å². The van der Waals surface area contributed by atoms with Crippen molar-refractivity contribution in [1.29, 1.82) is 0 Å². The molecule has 0 amide bonds. The number of imidazole rings is 1. The summed E-state index contributed by atoms with van der Waals surface area (Å²) in [6.45, 7) is 0. The number of hydrogen-bond acceptors (Lipinski definition) is 3. The summed E-state index contributed by atoms with van der Waals surface area (Å²) >= 11 is 6.18. The third-order valence-electron chi connectivity index (χ3n) is 2.49. The molecule has 0 aliphatic rings. The molecule has 6 heteroatoms. The Labute approximate surface area is 101 Å². The molecule has 0 radical (unpaired) electrons. The Morgan fingerprint density at radius 1 is 1.47 bits per heavy atom. The topological polar surface area (TPSA) is 63.6 Å². The van der Waals surface area contributed by atoms with E-state index in [2.05, 4.69) is 15.0 Å². The van der Waals surface area contributed by atoms with Gasteiger partial charge in [0.2, 0.25) is 0 Å². The largest absolute Gasteiger partial charge is 0.346 e. The molecular weight excluding hydrogens is 240 g/mol. The highest BCUT2D eigenvalue weighted by Gasteiger charge is 2.15. The average Bonchev–Trinajstić information content (AvgIpc) is 3.00. The Hall–Kier alpha value is -2.14. The molecule has 84 valence electrons. The third-order valence-corrected chi connectivity index (χ3v) is 2.90. The Bertz CT molecular complexity index is 687. The summed E-state index contributed by atoms with van der Waals surface area (Å²) in [5, 5.41) is 1.13. The quantitative estimate of drug-likeness (QED) is 0.715. The Morgan fingerprint density at radius 2 is 2.35 bits per heavy atom. The predicted octanol–water partition coefficient (Wildman–Crippen LogP) is 2.10. The lowest BCUT2D eigenvalue weighted by molar-refractivity contribution is 0.0959. The van der Waals surface area contributed by atoms with Gasteiger partial charge in [-0.2, -0.15) is 0 Å². The van der Waals surface area contributed by atoms with Gasteiger partial charge in [0.25, 0.3) is 5.91 Å². The lowest BCUT2D eigenvalue weighted by atomic mass is 10.2. The van der Waals surface area contributed by atoms with Crippen LogP contribution in [-0.4, -0.2) is 25.4 Å². The Balaban J connectivity index is 2.18. The van der Waals surface area contributed by atoms with Crippen LogP contribution in [0.25, 0.3) is 11.0 Å². The van der Waals surface area contributed by atoms with Gasteiger partial charge in [-0.05, 0) is 6.07 Å². The number of aromatic amines is 1. The molecule has 0 bridgehead atoms. The van der Waals surface area contributed by atoms with E-state index in [1.54, 1.807) is 18.5 Å². The molecule has 0 aromatic carbocycles. The minimum atomic E-state index is -0.247. The van der Waals surface area contributed by atoms with E-state index in [0.29, 0.717) is 16.2 Å². The van der Waals surface area contributed by atoms with E-state index >= 15 is 0 Å². The van der Waals surface area contributed by atoms with E-state index < -0.39 is 0 Å². The average molecular weight is 247 g/mol. The summed E-state index contributed by atoms with van der Waals surface area (Å²) in [6.07, 6.45) is 7.73. The molecule has 3 aromatic heterocycles. The minimum Gasteiger partial charge on any atom is -0.346 e. The van der Waals surface area contributed by atoms with Crippen molar-refractivity contribution < 1.29 is 4.79 Å². The van der Waals surface area contributed by atoms with Crippen molar-refractivity contribution >= 4 is 28.5 Å². The first-order chi connectivity index (χ1) is 8.27. The van der Waals surface area contributed by atoms with Gasteiger partial charge in [0.05, 0.1) is 10.6 Å². The lowest BCUT2D eigenvalue weighted by Crippen LogP contribution is -2.10.